The van der Waals surface area contributed by atoms with Gasteiger partial charge in [0.05, 0.1) is 0 Å². The van der Waals surface area contributed by atoms with Crippen LogP contribution in [0.5, 0.6) is 0 Å². The lowest BCUT2D eigenvalue weighted by Gasteiger charge is -2.34. The van der Waals surface area contributed by atoms with Gasteiger partial charge < -0.3 is 10.2 Å². The molecule has 0 aliphatic carbocycles. The van der Waals surface area contributed by atoms with Crippen molar-refractivity contribution >= 4 is 11.8 Å². The number of aliphatic hydroxyl groups excluding tert-OH is 1. The van der Waals surface area contributed by atoms with E-state index in [0.29, 0.717) is 13.1 Å². The van der Waals surface area contributed by atoms with Gasteiger partial charge in [0.15, 0.2) is 11.8 Å². The monoisotopic (exact) mass is 173 g/mol. The van der Waals surface area contributed by atoms with Crippen molar-refractivity contribution in [2.75, 3.05) is 19.7 Å². The third-order valence-corrected chi connectivity index (χ3v) is 1.95. The number of nitrogens with zero attached hydrogens (tertiary/aromatic N) is 1. The van der Waals surface area contributed by atoms with E-state index >= 15 is 0 Å². The van der Waals surface area contributed by atoms with Crippen molar-refractivity contribution in [3.05, 3.63) is 0 Å². The highest BCUT2D eigenvalue weighted by Gasteiger charge is 2.34. The molecule has 2 N–H and O–H groups in total. The van der Waals surface area contributed by atoms with E-state index in [4.69, 9.17) is 10.2 Å². The molecule has 0 aromatic heterocycles. The predicted molar refractivity (Wildman–Crippen MR) is 39.7 cm³/mol. The van der Waals surface area contributed by atoms with E-state index in [2.05, 4.69) is 0 Å². The molecule has 0 aromatic rings. The van der Waals surface area contributed by atoms with Crippen LogP contribution in [-0.2, 0) is 9.59 Å². The Kier molecular flexibility index (Phi) is 2.78. The van der Waals surface area contributed by atoms with Crippen LogP contribution in [0.25, 0.3) is 0 Å². The lowest BCUT2D eigenvalue weighted by atomic mass is 10.1. The summed E-state index contributed by atoms with van der Waals surface area (Å²) < 4.78 is 0. The van der Waals surface area contributed by atoms with E-state index in [1.165, 1.54) is 0 Å². The molecule has 1 fully saturated rings. The summed E-state index contributed by atoms with van der Waals surface area (Å²) in [5.74, 6) is -1.81. The molecule has 0 bridgehead atoms. The maximum absolute atomic E-state index is 10.9. The molecule has 0 aromatic carbocycles. The van der Waals surface area contributed by atoms with Crippen LogP contribution in [0.2, 0.25) is 0 Å². The number of carboxylic acid groups (broad SMARTS) is 1. The van der Waals surface area contributed by atoms with Gasteiger partial charge >= 0.3 is 5.97 Å². The topological polar surface area (TPSA) is 77.8 Å². The fourth-order valence-electron chi connectivity index (χ4n) is 1.18. The van der Waals surface area contributed by atoms with E-state index in [-0.39, 0.29) is 0 Å². The summed E-state index contributed by atoms with van der Waals surface area (Å²) >= 11 is 0. The summed E-state index contributed by atoms with van der Waals surface area (Å²) in [6.07, 6.45) is 0.919. The Morgan fingerprint density at radius 2 is 2.00 bits per heavy atom. The largest absolute Gasteiger partial charge is 0.480 e. The van der Waals surface area contributed by atoms with Crippen molar-refractivity contribution in [2.24, 2.45) is 0 Å². The van der Waals surface area contributed by atoms with E-state index in [0.717, 1.165) is 6.42 Å². The first-order valence-electron chi connectivity index (χ1n) is 3.77. The molecule has 0 amide bonds. The van der Waals surface area contributed by atoms with Crippen LogP contribution >= 0.6 is 0 Å². The Morgan fingerprint density at radius 1 is 1.42 bits per heavy atom. The molecule has 1 unspecified atom stereocenters. The number of hydrogen-bond acceptors (Lipinski definition) is 4. The van der Waals surface area contributed by atoms with E-state index in [9.17, 15) is 9.59 Å². The Morgan fingerprint density at radius 3 is 2.25 bits per heavy atom. The molecular weight excluding hydrogens is 162 g/mol. The van der Waals surface area contributed by atoms with E-state index in [1.807, 2.05) is 0 Å². The lowest BCUT2D eigenvalue weighted by Crippen LogP contribution is -2.53. The molecule has 1 aliphatic rings. The molecule has 5 nitrogen and oxygen atoms in total. The molecule has 1 atom stereocenters. The van der Waals surface area contributed by atoms with Crippen molar-refractivity contribution in [3.63, 3.8) is 0 Å². The fourth-order valence-corrected chi connectivity index (χ4v) is 1.18. The number of hydrogen-bond donors (Lipinski definition) is 2. The van der Waals surface area contributed by atoms with Crippen LogP contribution in [0, 0.1) is 0 Å². The SMILES string of the molecule is O=C(O)C(C(=O)CO)N1CCC1. The lowest BCUT2D eigenvalue weighted by molar-refractivity contribution is -0.151. The summed E-state index contributed by atoms with van der Waals surface area (Å²) in [6.45, 7) is 0.554. The summed E-state index contributed by atoms with van der Waals surface area (Å²) in [6, 6.07) is -1.14. The smallest absolute Gasteiger partial charge is 0.328 e. The Hall–Kier alpha value is -0.940. The molecule has 68 valence electrons. The van der Waals surface area contributed by atoms with Gasteiger partial charge in [-0.1, -0.05) is 0 Å². The van der Waals surface area contributed by atoms with E-state index in [1.54, 1.807) is 4.90 Å². The number of Topliss-reactive ketones (excluding diaryl/α,β-unsaturated/α-hetero) is 1. The third-order valence-electron chi connectivity index (χ3n) is 1.95. The van der Waals surface area contributed by atoms with Gasteiger partial charge in [0.2, 0.25) is 0 Å². The van der Waals surface area contributed by atoms with Gasteiger partial charge in [0, 0.05) is 13.1 Å². The van der Waals surface area contributed by atoms with Crippen LogP contribution in [0.1, 0.15) is 6.42 Å². The number of aliphatic hydroxyl groups is 1. The van der Waals surface area contributed by atoms with Crippen LogP contribution in [0.15, 0.2) is 0 Å². The van der Waals surface area contributed by atoms with Gasteiger partial charge in [0.25, 0.3) is 0 Å². The zero-order valence-corrected chi connectivity index (χ0v) is 6.56. The van der Waals surface area contributed by atoms with Crippen LogP contribution < -0.4 is 0 Å². The maximum Gasteiger partial charge on any atom is 0.328 e. The number of aliphatic carboxylic acids is 1. The quantitative estimate of drug-likeness (QED) is 0.517. The number of carbonyl (C=O) groups is 2. The standard InChI is InChI=1S/C7H11NO4/c9-4-5(10)6(7(11)12)8-2-1-3-8/h6,9H,1-4H2,(H,11,12). The van der Waals surface area contributed by atoms with Gasteiger partial charge in [-0.2, -0.15) is 0 Å². The van der Waals surface area contributed by atoms with Crippen LogP contribution in [-0.4, -0.2) is 52.6 Å². The maximum atomic E-state index is 10.9. The van der Waals surface area contributed by atoms with E-state index < -0.39 is 24.4 Å². The molecule has 0 spiro atoms. The average Bonchev–Trinajstić information content (AvgIpc) is 1.94. The highest BCUT2D eigenvalue weighted by atomic mass is 16.4. The molecular formula is C7H11NO4. The van der Waals surface area contributed by atoms with Gasteiger partial charge in [-0.25, -0.2) is 0 Å². The second kappa shape index (κ2) is 3.64. The van der Waals surface area contributed by atoms with Crippen molar-refractivity contribution in [2.45, 2.75) is 12.5 Å². The number of carbonyl (C=O) groups excluding carboxylic acids is 1. The highest BCUT2D eigenvalue weighted by Crippen LogP contribution is 2.11. The summed E-state index contributed by atoms with van der Waals surface area (Å²) in [4.78, 5) is 23.0. The third kappa shape index (κ3) is 1.62. The normalized spacial score (nSPS) is 19.8. The number of likely N-dealkylation sites (tertiary alicyclic amines) is 1. The van der Waals surface area contributed by atoms with Crippen LogP contribution in [0.3, 0.4) is 0 Å². The van der Waals surface area contributed by atoms with Crippen molar-refractivity contribution in [1.29, 1.82) is 0 Å². The van der Waals surface area contributed by atoms with Crippen molar-refractivity contribution < 1.29 is 19.8 Å². The molecule has 5 heteroatoms. The summed E-state index contributed by atoms with van der Waals surface area (Å²) in [5.41, 5.74) is 0. The summed E-state index contributed by atoms with van der Waals surface area (Å²) in [7, 11) is 0. The highest BCUT2D eigenvalue weighted by molar-refractivity contribution is 6.02. The van der Waals surface area contributed by atoms with Crippen LogP contribution in [0.4, 0.5) is 0 Å². The first kappa shape index (κ1) is 9.15. The van der Waals surface area contributed by atoms with Gasteiger partial charge in [-0.05, 0) is 6.42 Å². The zero-order valence-electron chi connectivity index (χ0n) is 6.56. The Labute approximate surface area is 69.6 Å². The molecule has 1 rings (SSSR count). The molecule has 0 radical (unpaired) electrons. The zero-order chi connectivity index (χ0) is 9.14. The average molecular weight is 173 g/mol. The van der Waals surface area contributed by atoms with Gasteiger partial charge in [-0.3, -0.25) is 14.5 Å². The minimum atomic E-state index is -1.17. The number of ketones is 1. The van der Waals surface area contributed by atoms with Crippen molar-refractivity contribution in [1.82, 2.24) is 4.90 Å². The molecule has 1 saturated heterocycles. The molecule has 12 heavy (non-hydrogen) atoms. The Bertz CT molecular complexity index is 200. The predicted octanol–water partition coefficient (Wildman–Crippen LogP) is -1.29. The van der Waals surface area contributed by atoms with Gasteiger partial charge in [-0.15, -0.1) is 0 Å². The first-order valence-corrected chi connectivity index (χ1v) is 3.77. The fraction of sp³-hybridized carbons (Fsp3) is 0.714. The minimum Gasteiger partial charge on any atom is -0.480 e. The number of carboxylic acids is 1. The van der Waals surface area contributed by atoms with Gasteiger partial charge in [0.1, 0.15) is 6.61 Å². The summed E-state index contributed by atoms with van der Waals surface area (Å²) in [5, 5.41) is 17.1. The minimum absolute atomic E-state index is 0.628. The first-order chi connectivity index (χ1) is 5.66. The van der Waals surface area contributed by atoms with Crippen molar-refractivity contribution in [3.8, 4) is 0 Å². The second-order valence-corrected chi connectivity index (χ2v) is 2.75. The molecule has 1 aliphatic heterocycles. The second-order valence-electron chi connectivity index (χ2n) is 2.75. The number of rotatable bonds is 4. The Balaban J connectivity index is 2.59. The molecule has 0 saturated carbocycles. The molecule has 1 heterocycles.